The van der Waals surface area contributed by atoms with Crippen molar-refractivity contribution in [3.8, 4) is 11.3 Å². The number of nitrogens with one attached hydrogen (secondary N) is 2. The molecule has 0 atom stereocenters. The summed E-state index contributed by atoms with van der Waals surface area (Å²) in [5.41, 5.74) is 9.37. The third-order valence-corrected chi connectivity index (χ3v) is 5.09. The first kappa shape index (κ1) is 18.0. The van der Waals surface area contributed by atoms with Gasteiger partial charge in [0.15, 0.2) is 0 Å². The molecule has 2 aromatic heterocycles. The molecule has 4 rings (SSSR count). The number of nitrogens with two attached hydrogens (primary N) is 1. The number of aromatic nitrogens is 2. The highest BCUT2D eigenvalue weighted by Crippen LogP contribution is 2.32. The molecule has 0 unspecified atom stereocenters. The monoisotopic (exact) mass is 442 g/mol. The van der Waals surface area contributed by atoms with Crippen molar-refractivity contribution in [2.45, 2.75) is 0 Å². The van der Waals surface area contributed by atoms with Crippen molar-refractivity contribution in [1.29, 1.82) is 0 Å². The van der Waals surface area contributed by atoms with Crippen molar-refractivity contribution in [1.82, 2.24) is 15.3 Å². The fourth-order valence-corrected chi connectivity index (χ4v) is 3.63. The summed E-state index contributed by atoms with van der Waals surface area (Å²) >= 11 is 9.65. The van der Waals surface area contributed by atoms with E-state index in [1.807, 2.05) is 48.7 Å². The number of aromatic amines is 1. The first-order chi connectivity index (χ1) is 13.1. The Morgan fingerprint density at radius 3 is 2.85 bits per heavy atom. The van der Waals surface area contributed by atoms with Crippen LogP contribution in [0.4, 0.5) is 0 Å². The summed E-state index contributed by atoms with van der Waals surface area (Å²) < 4.78 is 0.898. The molecule has 2 heterocycles. The third kappa shape index (κ3) is 3.43. The number of amides is 1. The van der Waals surface area contributed by atoms with E-state index in [1.54, 1.807) is 0 Å². The van der Waals surface area contributed by atoms with Gasteiger partial charge in [0.25, 0.3) is 5.91 Å². The van der Waals surface area contributed by atoms with Crippen LogP contribution in [0.15, 0.2) is 53.1 Å². The van der Waals surface area contributed by atoms with Crippen LogP contribution in [0.1, 0.15) is 10.4 Å². The molecule has 0 radical (unpaired) electrons. The minimum Gasteiger partial charge on any atom is -0.360 e. The van der Waals surface area contributed by atoms with Crippen molar-refractivity contribution in [3.05, 3.63) is 63.7 Å². The molecule has 0 spiro atoms. The van der Waals surface area contributed by atoms with E-state index in [4.69, 9.17) is 22.3 Å². The molecule has 27 heavy (non-hydrogen) atoms. The van der Waals surface area contributed by atoms with E-state index in [9.17, 15) is 4.79 Å². The highest BCUT2D eigenvalue weighted by molar-refractivity contribution is 9.10. The summed E-state index contributed by atoms with van der Waals surface area (Å²) in [6.07, 6.45) is 1.88. The van der Waals surface area contributed by atoms with E-state index in [2.05, 4.69) is 26.2 Å². The van der Waals surface area contributed by atoms with Gasteiger partial charge >= 0.3 is 0 Å². The van der Waals surface area contributed by atoms with Crippen molar-refractivity contribution in [2.75, 3.05) is 13.1 Å². The summed E-state index contributed by atoms with van der Waals surface area (Å²) in [4.78, 5) is 20.7. The van der Waals surface area contributed by atoms with Gasteiger partial charge in [-0.3, -0.25) is 4.79 Å². The Labute approximate surface area is 169 Å². The number of nitrogens with zero attached hydrogens (tertiary/aromatic N) is 1. The molecule has 0 saturated heterocycles. The number of benzene rings is 2. The number of pyridine rings is 1. The van der Waals surface area contributed by atoms with E-state index in [1.165, 1.54) is 0 Å². The largest absolute Gasteiger partial charge is 0.360 e. The molecule has 5 nitrogen and oxygen atoms in total. The Bertz CT molecular complexity index is 1170. The van der Waals surface area contributed by atoms with E-state index in [0.29, 0.717) is 29.4 Å². The standard InChI is InChI=1S/C20H16BrClN4O/c21-11-1-3-13-15(20(27)24-6-5-23)9-19(26-18(13)7-11)16-10-25-17-4-2-12(22)8-14(16)17/h1-4,7-10,25H,5-6,23H2,(H,24,27). The van der Waals surface area contributed by atoms with Gasteiger partial charge < -0.3 is 16.0 Å². The molecule has 0 bridgehead atoms. The number of carbonyl (C=O) groups is 1. The van der Waals surface area contributed by atoms with Crippen molar-refractivity contribution < 1.29 is 4.79 Å². The van der Waals surface area contributed by atoms with Gasteiger partial charge in [-0.25, -0.2) is 4.98 Å². The predicted molar refractivity (Wildman–Crippen MR) is 113 cm³/mol. The average Bonchev–Trinajstić information content (AvgIpc) is 3.07. The minimum absolute atomic E-state index is 0.172. The van der Waals surface area contributed by atoms with Crippen LogP contribution in [0.3, 0.4) is 0 Å². The highest BCUT2D eigenvalue weighted by atomic mass is 79.9. The summed E-state index contributed by atoms with van der Waals surface area (Å²) in [6.45, 7) is 0.797. The van der Waals surface area contributed by atoms with Crippen LogP contribution in [-0.2, 0) is 0 Å². The van der Waals surface area contributed by atoms with Crippen LogP contribution >= 0.6 is 27.5 Å². The van der Waals surface area contributed by atoms with Gasteiger partial charge in [0.05, 0.1) is 16.8 Å². The smallest absolute Gasteiger partial charge is 0.252 e. The van der Waals surface area contributed by atoms with Gasteiger partial charge in [0, 0.05) is 50.6 Å². The zero-order chi connectivity index (χ0) is 19.0. The van der Waals surface area contributed by atoms with Crippen LogP contribution < -0.4 is 11.1 Å². The second-order valence-corrected chi connectivity index (χ2v) is 7.51. The van der Waals surface area contributed by atoms with Crippen molar-refractivity contribution >= 4 is 55.2 Å². The molecule has 0 aliphatic rings. The Balaban J connectivity index is 1.95. The first-order valence-electron chi connectivity index (χ1n) is 8.42. The van der Waals surface area contributed by atoms with Crippen molar-refractivity contribution in [3.63, 3.8) is 0 Å². The van der Waals surface area contributed by atoms with Gasteiger partial charge in [-0.2, -0.15) is 0 Å². The van der Waals surface area contributed by atoms with Gasteiger partial charge in [-0.05, 0) is 36.4 Å². The zero-order valence-electron chi connectivity index (χ0n) is 14.2. The number of carbonyl (C=O) groups excluding carboxylic acids is 1. The summed E-state index contributed by atoms with van der Waals surface area (Å²) in [6, 6.07) is 13.2. The highest BCUT2D eigenvalue weighted by Gasteiger charge is 2.16. The zero-order valence-corrected chi connectivity index (χ0v) is 16.6. The van der Waals surface area contributed by atoms with Gasteiger partial charge in [0.2, 0.25) is 0 Å². The lowest BCUT2D eigenvalue weighted by atomic mass is 10.0. The molecule has 4 aromatic rings. The maximum Gasteiger partial charge on any atom is 0.252 e. The van der Waals surface area contributed by atoms with E-state index in [0.717, 1.165) is 31.8 Å². The van der Waals surface area contributed by atoms with Gasteiger partial charge in [-0.15, -0.1) is 0 Å². The lowest BCUT2D eigenvalue weighted by Gasteiger charge is -2.10. The third-order valence-electron chi connectivity index (χ3n) is 4.37. The number of H-pyrrole nitrogens is 1. The second kappa shape index (κ2) is 7.31. The second-order valence-electron chi connectivity index (χ2n) is 6.15. The molecule has 2 aromatic carbocycles. The lowest BCUT2D eigenvalue weighted by Crippen LogP contribution is -2.29. The van der Waals surface area contributed by atoms with Crippen LogP contribution in [0, 0.1) is 0 Å². The van der Waals surface area contributed by atoms with Crippen LogP contribution in [-0.4, -0.2) is 29.0 Å². The minimum atomic E-state index is -0.172. The van der Waals surface area contributed by atoms with Crippen LogP contribution in [0.2, 0.25) is 5.02 Å². The first-order valence-corrected chi connectivity index (χ1v) is 9.59. The maximum absolute atomic E-state index is 12.7. The quantitative estimate of drug-likeness (QED) is 0.434. The van der Waals surface area contributed by atoms with Gasteiger partial charge in [-0.1, -0.05) is 33.6 Å². The number of hydrogen-bond donors (Lipinski definition) is 3. The van der Waals surface area contributed by atoms with Crippen LogP contribution in [0.25, 0.3) is 33.1 Å². The molecule has 0 aliphatic heterocycles. The topological polar surface area (TPSA) is 83.8 Å². The fourth-order valence-electron chi connectivity index (χ4n) is 3.11. The molecule has 0 fully saturated rings. The summed E-state index contributed by atoms with van der Waals surface area (Å²) in [5.74, 6) is -0.172. The maximum atomic E-state index is 12.7. The van der Waals surface area contributed by atoms with E-state index in [-0.39, 0.29) is 5.91 Å². The SMILES string of the molecule is NCCNC(=O)c1cc(-c2c[nH]c3ccc(Cl)cc23)nc2cc(Br)ccc12. The molecule has 0 saturated carbocycles. The molecule has 4 N–H and O–H groups in total. The lowest BCUT2D eigenvalue weighted by molar-refractivity contribution is 0.0956. The average molecular weight is 444 g/mol. The molecule has 0 aliphatic carbocycles. The molecule has 7 heteroatoms. The Morgan fingerprint density at radius 2 is 2.04 bits per heavy atom. The van der Waals surface area contributed by atoms with Gasteiger partial charge in [0.1, 0.15) is 0 Å². The summed E-state index contributed by atoms with van der Waals surface area (Å²) in [7, 11) is 0. The molecule has 1 amide bonds. The molecular weight excluding hydrogens is 428 g/mol. The number of halogens is 2. The predicted octanol–water partition coefficient (Wildman–Crippen LogP) is 4.49. The molecular formula is C20H16BrClN4O. The number of rotatable bonds is 4. The normalized spacial score (nSPS) is 11.2. The van der Waals surface area contributed by atoms with E-state index < -0.39 is 0 Å². The number of hydrogen-bond acceptors (Lipinski definition) is 3. The summed E-state index contributed by atoms with van der Waals surface area (Å²) in [5, 5.41) is 5.23. The van der Waals surface area contributed by atoms with Crippen molar-refractivity contribution in [2.24, 2.45) is 5.73 Å². The Kier molecular flexibility index (Phi) is 4.86. The van der Waals surface area contributed by atoms with Crippen LogP contribution in [0.5, 0.6) is 0 Å². The fraction of sp³-hybridized carbons (Fsp3) is 0.100. The molecule has 136 valence electrons. The van der Waals surface area contributed by atoms with E-state index >= 15 is 0 Å². The Hall–Kier alpha value is -2.41. The number of fused-ring (bicyclic) bond motifs is 2. The Morgan fingerprint density at radius 1 is 1.19 bits per heavy atom.